The van der Waals surface area contributed by atoms with Crippen molar-refractivity contribution in [2.45, 2.75) is 52.2 Å². The van der Waals surface area contributed by atoms with Crippen LogP contribution in [0.25, 0.3) is 10.9 Å². The summed E-state index contributed by atoms with van der Waals surface area (Å²) >= 11 is 0. The number of aryl methyl sites for hydroxylation is 3. The van der Waals surface area contributed by atoms with E-state index in [1.54, 1.807) is 0 Å². The van der Waals surface area contributed by atoms with E-state index in [1.165, 1.54) is 34.1 Å². The number of fused-ring (bicyclic) bond motifs is 3. The van der Waals surface area contributed by atoms with Gasteiger partial charge in [0.15, 0.2) is 0 Å². The lowest BCUT2D eigenvalue weighted by molar-refractivity contribution is 0.444. The maximum Gasteiger partial charge on any atom is 0.0738 e. The van der Waals surface area contributed by atoms with Crippen LogP contribution in [0.3, 0.4) is 0 Å². The van der Waals surface area contributed by atoms with Crippen LogP contribution in [0.2, 0.25) is 0 Å². The van der Waals surface area contributed by atoms with Crippen molar-refractivity contribution in [3.63, 3.8) is 0 Å². The van der Waals surface area contributed by atoms with Gasteiger partial charge in [0.05, 0.1) is 11.9 Å². The summed E-state index contributed by atoms with van der Waals surface area (Å²) in [7, 11) is 0. The minimum atomic E-state index is 0.516. The van der Waals surface area contributed by atoms with E-state index in [-0.39, 0.29) is 0 Å². The molecular weight excluding hydrogens is 286 g/mol. The Morgan fingerprint density at radius 2 is 2.30 bits per heavy atom. The average Bonchev–Trinajstić information content (AvgIpc) is 3.16. The Morgan fingerprint density at radius 3 is 3.17 bits per heavy atom. The van der Waals surface area contributed by atoms with E-state index >= 15 is 0 Å². The number of hydrogen-bond acceptors (Lipinski definition) is 3. The highest BCUT2D eigenvalue weighted by molar-refractivity contribution is 5.85. The zero-order chi connectivity index (χ0) is 15.8. The maximum atomic E-state index is 4.10. The molecule has 0 radical (unpaired) electrons. The minimum Gasteiger partial charge on any atom is -0.358 e. The predicted molar refractivity (Wildman–Crippen MR) is 91.4 cm³/mol. The van der Waals surface area contributed by atoms with Crippen molar-refractivity contribution < 1.29 is 0 Å². The first-order chi connectivity index (χ1) is 11.2. The average molecular weight is 309 g/mol. The summed E-state index contributed by atoms with van der Waals surface area (Å²) in [4.78, 5) is 3.60. The Labute approximate surface area is 136 Å². The second-order valence-corrected chi connectivity index (χ2v) is 6.49. The SMILES string of the molecule is CCn1nncc1CNC1CCc2[nH]c3ccc(C)cc3c2C1. The van der Waals surface area contributed by atoms with E-state index in [0.29, 0.717) is 6.04 Å². The Hall–Kier alpha value is -2.14. The fraction of sp³-hybridized carbons (Fsp3) is 0.444. The first-order valence-electron chi connectivity index (χ1n) is 8.45. The lowest BCUT2D eigenvalue weighted by Crippen LogP contribution is -2.34. The number of aromatic amines is 1. The van der Waals surface area contributed by atoms with Gasteiger partial charge >= 0.3 is 0 Å². The number of hydrogen-bond donors (Lipinski definition) is 2. The van der Waals surface area contributed by atoms with Crippen molar-refractivity contribution in [1.29, 1.82) is 0 Å². The molecule has 0 aliphatic heterocycles. The molecule has 0 saturated carbocycles. The fourth-order valence-electron chi connectivity index (χ4n) is 3.64. The van der Waals surface area contributed by atoms with E-state index in [9.17, 15) is 0 Å². The topological polar surface area (TPSA) is 58.5 Å². The molecule has 5 heteroatoms. The smallest absolute Gasteiger partial charge is 0.0738 e. The Morgan fingerprint density at radius 1 is 1.39 bits per heavy atom. The summed E-state index contributed by atoms with van der Waals surface area (Å²) in [5.41, 5.74) is 6.67. The Balaban J connectivity index is 1.52. The van der Waals surface area contributed by atoms with Crippen molar-refractivity contribution in [2.75, 3.05) is 0 Å². The molecule has 4 rings (SSSR count). The number of rotatable bonds is 4. The maximum absolute atomic E-state index is 4.10. The highest BCUT2D eigenvalue weighted by atomic mass is 15.4. The molecule has 120 valence electrons. The van der Waals surface area contributed by atoms with Crippen molar-refractivity contribution >= 4 is 10.9 Å². The van der Waals surface area contributed by atoms with Gasteiger partial charge in [0, 0.05) is 35.7 Å². The van der Waals surface area contributed by atoms with Crippen LogP contribution in [0.5, 0.6) is 0 Å². The molecule has 0 amide bonds. The molecule has 0 fully saturated rings. The van der Waals surface area contributed by atoms with E-state index < -0.39 is 0 Å². The molecule has 2 heterocycles. The van der Waals surface area contributed by atoms with Gasteiger partial charge in [-0.2, -0.15) is 0 Å². The Bertz CT molecular complexity index is 829. The molecule has 1 aliphatic rings. The second kappa shape index (κ2) is 5.81. The van der Waals surface area contributed by atoms with Gasteiger partial charge in [0.2, 0.25) is 0 Å². The van der Waals surface area contributed by atoms with Crippen LogP contribution in [0.1, 0.15) is 35.9 Å². The van der Waals surface area contributed by atoms with Crippen LogP contribution in [0.4, 0.5) is 0 Å². The molecule has 0 bridgehead atoms. The van der Waals surface area contributed by atoms with Gasteiger partial charge in [-0.05, 0) is 50.8 Å². The van der Waals surface area contributed by atoms with Gasteiger partial charge in [-0.3, -0.25) is 0 Å². The van der Waals surface area contributed by atoms with Gasteiger partial charge in [-0.25, -0.2) is 4.68 Å². The molecule has 1 aliphatic carbocycles. The monoisotopic (exact) mass is 309 g/mol. The molecule has 1 aromatic carbocycles. The third-order valence-corrected chi connectivity index (χ3v) is 4.91. The van der Waals surface area contributed by atoms with Gasteiger partial charge in [0.1, 0.15) is 0 Å². The van der Waals surface area contributed by atoms with Crippen LogP contribution in [0, 0.1) is 6.92 Å². The minimum absolute atomic E-state index is 0.516. The number of nitrogens with one attached hydrogen (secondary N) is 2. The molecule has 5 nitrogen and oxygen atoms in total. The summed E-state index contributed by atoms with van der Waals surface area (Å²) in [6, 6.07) is 7.21. The highest BCUT2D eigenvalue weighted by Crippen LogP contribution is 2.30. The lowest BCUT2D eigenvalue weighted by atomic mass is 9.91. The number of H-pyrrole nitrogens is 1. The van der Waals surface area contributed by atoms with Gasteiger partial charge in [-0.1, -0.05) is 16.8 Å². The first-order valence-corrected chi connectivity index (χ1v) is 8.45. The molecule has 1 atom stereocenters. The summed E-state index contributed by atoms with van der Waals surface area (Å²) in [6.07, 6.45) is 5.24. The predicted octanol–water partition coefficient (Wildman–Crippen LogP) is 2.73. The molecule has 2 aromatic heterocycles. The summed E-state index contributed by atoms with van der Waals surface area (Å²) in [6.45, 7) is 5.96. The first kappa shape index (κ1) is 14.5. The largest absolute Gasteiger partial charge is 0.358 e. The zero-order valence-corrected chi connectivity index (χ0v) is 13.8. The van der Waals surface area contributed by atoms with E-state index in [0.717, 1.165) is 31.6 Å². The number of benzene rings is 1. The zero-order valence-electron chi connectivity index (χ0n) is 13.8. The molecule has 2 N–H and O–H groups in total. The van der Waals surface area contributed by atoms with Crippen molar-refractivity contribution in [1.82, 2.24) is 25.3 Å². The molecule has 0 saturated heterocycles. The van der Waals surface area contributed by atoms with Crippen LogP contribution in [-0.4, -0.2) is 26.0 Å². The highest BCUT2D eigenvalue weighted by Gasteiger charge is 2.22. The fourth-order valence-corrected chi connectivity index (χ4v) is 3.64. The van der Waals surface area contributed by atoms with E-state index in [1.807, 2.05) is 10.9 Å². The van der Waals surface area contributed by atoms with Crippen LogP contribution < -0.4 is 5.32 Å². The summed E-state index contributed by atoms with van der Waals surface area (Å²) < 4.78 is 1.95. The molecule has 1 unspecified atom stereocenters. The normalized spacial score (nSPS) is 17.6. The number of aromatic nitrogens is 4. The molecule has 23 heavy (non-hydrogen) atoms. The standard InChI is InChI=1S/C18H23N5/c1-3-23-14(11-20-22-23)10-19-13-5-7-18-16(9-13)15-8-12(2)4-6-17(15)21-18/h4,6,8,11,13,19,21H,3,5,7,9-10H2,1-2H3. The van der Waals surface area contributed by atoms with Crippen LogP contribution in [0.15, 0.2) is 24.4 Å². The quantitative estimate of drug-likeness (QED) is 0.779. The molecule has 0 spiro atoms. The number of nitrogens with zero attached hydrogens (tertiary/aromatic N) is 3. The van der Waals surface area contributed by atoms with Crippen LogP contribution in [-0.2, 0) is 25.9 Å². The second-order valence-electron chi connectivity index (χ2n) is 6.49. The third kappa shape index (κ3) is 2.65. The summed E-state index contributed by atoms with van der Waals surface area (Å²) in [5.74, 6) is 0. The Kier molecular flexibility index (Phi) is 3.65. The van der Waals surface area contributed by atoms with Crippen molar-refractivity contribution in [3.8, 4) is 0 Å². The summed E-state index contributed by atoms with van der Waals surface area (Å²) in [5, 5.41) is 13.2. The van der Waals surface area contributed by atoms with Crippen molar-refractivity contribution in [2.24, 2.45) is 0 Å². The van der Waals surface area contributed by atoms with Crippen molar-refractivity contribution in [3.05, 3.63) is 46.9 Å². The molecule has 3 aromatic rings. The van der Waals surface area contributed by atoms with E-state index in [4.69, 9.17) is 0 Å². The van der Waals surface area contributed by atoms with Crippen LogP contribution >= 0.6 is 0 Å². The molecular formula is C18H23N5. The third-order valence-electron chi connectivity index (χ3n) is 4.91. The lowest BCUT2D eigenvalue weighted by Gasteiger charge is -2.23. The van der Waals surface area contributed by atoms with Gasteiger partial charge in [0.25, 0.3) is 0 Å². The van der Waals surface area contributed by atoms with Gasteiger partial charge in [-0.15, -0.1) is 5.10 Å². The van der Waals surface area contributed by atoms with Gasteiger partial charge < -0.3 is 10.3 Å². The van der Waals surface area contributed by atoms with E-state index in [2.05, 4.69) is 52.7 Å².